The molecule has 17 heavy (non-hydrogen) atoms. The summed E-state index contributed by atoms with van der Waals surface area (Å²) in [5.41, 5.74) is 6.87. The highest BCUT2D eigenvalue weighted by molar-refractivity contribution is 5.77. The van der Waals surface area contributed by atoms with E-state index in [1.807, 2.05) is 0 Å². The Morgan fingerprint density at radius 1 is 1.41 bits per heavy atom. The van der Waals surface area contributed by atoms with E-state index in [9.17, 15) is 4.79 Å². The van der Waals surface area contributed by atoms with E-state index in [1.54, 1.807) is 19.1 Å². The van der Waals surface area contributed by atoms with E-state index in [0.29, 0.717) is 17.1 Å². The summed E-state index contributed by atoms with van der Waals surface area (Å²) in [6.45, 7) is 1.84. The molecule has 1 atom stereocenters. The Kier molecular flexibility index (Phi) is 4.34. The molecule has 0 saturated heterocycles. The quantitative estimate of drug-likeness (QED) is 0.805. The van der Waals surface area contributed by atoms with Crippen LogP contribution in [0.15, 0.2) is 12.1 Å². The maximum absolute atomic E-state index is 11.1. The van der Waals surface area contributed by atoms with Gasteiger partial charge >= 0.3 is 5.97 Å². The lowest BCUT2D eigenvalue weighted by molar-refractivity contribution is -0.138. The molecule has 0 aliphatic heterocycles. The van der Waals surface area contributed by atoms with Gasteiger partial charge in [0.15, 0.2) is 11.5 Å². The molecule has 3 N–H and O–H groups in total. The zero-order valence-electron chi connectivity index (χ0n) is 10.2. The minimum atomic E-state index is -0.942. The fraction of sp³-hybridized carbons (Fsp3) is 0.417. The number of carboxylic acids is 1. The Morgan fingerprint density at radius 2 is 2.06 bits per heavy atom. The second-order valence-corrected chi connectivity index (χ2v) is 3.64. The van der Waals surface area contributed by atoms with E-state index in [2.05, 4.69) is 0 Å². The molecule has 0 aliphatic rings. The van der Waals surface area contributed by atoms with Crippen molar-refractivity contribution in [2.24, 2.45) is 5.73 Å². The van der Waals surface area contributed by atoms with Gasteiger partial charge in [0, 0.05) is 6.54 Å². The van der Waals surface area contributed by atoms with Crippen molar-refractivity contribution in [3.05, 3.63) is 23.3 Å². The van der Waals surface area contributed by atoms with Crippen LogP contribution >= 0.6 is 0 Å². The molecule has 94 valence electrons. The van der Waals surface area contributed by atoms with Gasteiger partial charge in [-0.2, -0.15) is 0 Å². The minimum Gasteiger partial charge on any atom is -0.493 e. The van der Waals surface area contributed by atoms with Gasteiger partial charge in [-0.05, 0) is 24.1 Å². The van der Waals surface area contributed by atoms with Crippen molar-refractivity contribution >= 4 is 5.97 Å². The van der Waals surface area contributed by atoms with Crippen molar-refractivity contribution in [2.75, 3.05) is 20.8 Å². The van der Waals surface area contributed by atoms with Crippen molar-refractivity contribution in [1.29, 1.82) is 0 Å². The summed E-state index contributed by atoms with van der Waals surface area (Å²) in [5, 5.41) is 9.09. The number of hydrogen-bond acceptors (Lipinski definition) is 4. The molecule has 5 heteroatoms. The van der Waals surface area contributed by atoms with Crippen LogP contribution in [-0.2, 0) is 4.79 Å². The van der Waals surface area contributed by atoms with Crippen LogP contribution in [0.25, 0.3) is 0 Å². The number of carboxylic acid groups (broad SMARTS) is 1. The van der Waals surface area contributed by atoms with Crippen LogP contribution in [0, 0.1) is 6.92 Å². The van der Waals surface area contributed by atoms with Crippen LogP contribution in [0.3, 0.4) is 0 Å². The number of ether oxygens (including phenoxy) is 2. The van der Waals surface area contributed by atoms with Gasteiger partial charge in [0.05, 0.1) is 20.1 Å². The highest BCUT2D eigenvalue weighted by Crippen LogP contribution is 2.35. The zero-order chi connectivity index (χ0) is 13.0. The molecular formula is C12H17NO4. The molecule has 0 bridgehead atoms. The smallest absolute Gasteiger partial charge is 0.312 e. The lowest BCUT2D eigenvalue weighted by atomic mass is 9.94. The largest absolute Gasteiger partial charge is 0.493 e. The maximum atomic E-state index is 11.1. The second-order valence-electron chi connectivity index (χ2n) is 3.64. The lowest BCUT2D eigenvalue weighted by Gasteiger charge is -2.17. The predicted octanol–water partition coefficient (Wildman–Crippen LogP) is 1.14. The molecule has 0 saturated carbocycles. The van der Waals surface area contributed by atoms with Crippen molar-refractivity contribution in [3.8, 4) is 11.5 Å². The van der Waals surface area contributed by atoms with Crippen LogP contribution < -0.4 is 15.2 Å². The third kappa shape index (κ3) is 2.50. The molecule has 0 heterocycles. The van der Waals surface area contributed by atoms with Crippen LogP contribution in [0.5, 0.6) is 11.5 Å². The average molecular weight is 239 g/mol. The number of rotatable bonds is 5. The molecule has 5 nitrogen and oxygen atoms in total. The van der Waals surface area contributed by atoms with Gasteiger partial charge < -0.3 is 20.3 Å². The third-order valence-corrected chi connectivity index (χ3v) is 2.74. The summed E-state index contributed by atoms with van der Waals surface area (Å²) >= 11 is 0. The Bertz CT molecular complexity index is 417. The van der Waals surface area contributed by atoms with Crippen LogP contribution in [-0.4, -0.2) is 31.8 Å². The van der Waals surface area contributed by atoms with Crippen LogP contribution in [0.2, 0.25) is 0 Å². The highest BCUT2D eigenvalue weighted by atomic mass is 16.5. The Labute approximate surface area is 100 Å². The van der Waals surface area contributed by atoms with Crippen molar-refractivity contribution < 1.29 is 19.4 Å². The molecule has 0 amide bonds. The molecule has 0 radical (unpaired) electrons. The normalized spacial score (nSPS) is 12.0. The van der Waals surface area contributed by atoms with Gasteiger partial charge in [0.25, 0.3) is 0 Å². The zero-order valence-corrected chi connectivity index (χ0v) is 10.2. The summed E-state index contributed by atoms with van der Waals surface area (Å²) in [6.07, 6.45) is 0. The van der Waals surface area contributed by atoms with Gasteiger partial charge in [0.1, 0.15) is 0 Å². The number of methoxy groups -OCH3 is 2. The molecule has 1 aromatic carbocycles. The van der Waals surface area contributed by atoms with Gasteiger partial charge in [-0.25, -0.2) is 0 Å². The van der Waals surface area contributed by atoms with Crippen molar-refractivity contribution in [3.63, 3.8) is 0 Å². The summed E-state index contributed by atoms with van der Waals surface area (Å²) in [4.78, 5) is 11.1. The first kappa shape index (κ1) is 13.3. The summed E-state index contributed by atoms with van der Waals surface area (Å²) in [5.74, 6) is -0.544. The molecule has 1 unspecified atom stereocenters. The molecular weight excluding hydrogens is 222 g/mol. The van der Waals surface area contributed by atoms with E-state index < -0.39 is 11.9 Å². The molecule has 0 aromatic heterocycles. The van der Waals surface area contributed by atoms with E-state index in [-0.39, 0.29) is 6.54 Å². The minimum absolute atomic E-state index is 0.0473. The number of benzene rings is 1. The first-order valence-corrected chi connectivity index (χ1v) is 5.21. The molecule has 1 aromatic rings. The molecule has 1 rings (SSSR count). The van der Waals surface area contributed by atoms with Crippen LogP contribution in [0.4, 0.5) is 0 Å². The second kappa shape index (κ2) is 5.54. The van der Waals surface area contributed by atoms with E-state index in [4.69, 9.17) is 20.3 Å². The fourth-order valence-electron chi connectivity index (χ4n) is 1.83. The van der Waals surface area contributed by atoms with E-state index >= 15 is 0 Å². The standard InChI is InChI=1S/C12H17NO4/c1-7-8(9(6-13)12(14)15)4-5-10(16-2)11(7)17-3/h4-5,9H,6,13H2,1-3H3,(H,14,15). The third-order valence-electron chi connectivity index (χ3n) is 2.74. The first-order valence-electron chi connectivity index (χ1n) is 5.21. The highest BCUT2D eigenvalue weighted by Gasteiger charge is 2.23. The monoisotopic (exact) mass is 239 g/mol. The Hall–Kier alpha value is -1.75. The van der Waals surface area contributed by atoms with Crippen molar-refractivity contribution in [1.82, 2.24) is 0 Å². The average Bonchev–Trinajstić information content (AvgIpc) is 2.31. The number of aliphatic carboxylic acids is 1. The van der Waals surface area contributed by atoms with Gasteiger partial charge in [-0.3, -0.25) is 4.79 Å². The molecule has 0 aliphatic carbocycles. The Balaban J connectivity index is 3.31. The Morgan fingerprint density at radius 3 is 2.47 bits per heavy atom. The fourth-order valence-corrected chi connectivity index (χ4v) is 1.83. The number of carbonyl (C=O) groups is 1. The molecule has 0 fully saturated rings. The van der Waals surface area contributed by atoms with Crippen LogP contribution in [0.1, 0.15) is 17.0 Å². The van der Waals surface area contributed by atoms with Gasteiger partial charge in [0.2, 0.25) is 0 Å². The maximum Gasteiger partial charge on any atom is 0.312 e. The SMILES string of the molecule is COc1ccc(C(CN)C(=O)O)c(C)c1OC. The number of nitrogens with two attached hydrogens (primary N) is 1. The molecule has 0 spiro atoms. The van der Waals surface area contributed by atoms with Crippen molar-refractivity contribution in [2.45, 2.75) is 12.8 Å². The predicted molar refractivity (Wildman–Crippen MR) is 63.7 cm³/mol. The summed E-state index contributed by atoms with van der Waals surface area (Å²) in [7, 11) is 3.06. The van der Waals surface area contributed by atoms with E-state index in [1.165, 1.54) is 14.2 Å². The van der Waals surface area contributed by atoms with Gasteiger partial charge in [-0.1, -0.05) is 6.07 Å². The van der Waals surface area contributed by atoms with Gasteiger partial charge in [-0.15, -0.1) is 0 Å². The summed E-state index contributed by atoms with van der Waals surface area (Å²) in [6, 6.07) is 3.40. The number of hydrogen-bond donors (Lipinski definition) is 2. The van der Waals surface area contributed by atoms with E-state index in [0.717, 1.165) is 5.56 Å². The lowest BCUT2D eigenvalue weighted by Crippen LogP contribution is -2.22. The summed E-state index contributed by atoms with van der Waals surface area (Å²) < 4.78 is 10.4. The topological polar surface area (TPSA) is 81.8 Å². The first-order chi connectivity index (χ1) is 8.06.